The molecule has 94 valence electrons. The predicted octanol–water partition coefficient (Wildman–Crippen LogP) is 2.90. The predicted molar refractivity (Wildman–Crippen MR) is 72.5 cm³/mol. The molecule has 0 radical (unpaired) electrons. The molecule has 1 heterocycles. The van der Waals surface area contributed by atoms with Gasteiger partial charge in [0.2, 0.25) is 0 Å². The molecule has 0 saturated heterocycles. The Hall–Kier alpha value is -1.77. The van der Waals surface area contributed by atoms with Gasteiger partial charge in [0.1, 0.15) is 0 Å². The van der Waals surface area contributed by atoms with Crippen molar-refractivity contribution in [2.24, 2.45) is 11.8 Å². The van der Waals surface area contributed by atoms with Crippen LogP contribution in [0.15, 0.2) is 30.5 Å². The fourth-order valence-electron chi connectivity index (χ4n) is 2.57. The first-order valence-corrected chi connectivity index (χ1v) is 6.48. The van der Waals surface area contributed by atoms with Crippen LogP contribution in [0, 0.1) is 11.8 Å². The largest absolute Gasteiger partial charge is 0.361 e. The molecule has 1 saturated carbocycles. The number of carbonyl (C=O) groups is 1. The molecule has 1 fully saturated rings. The Kier molecular flexibility index (Phi) is 2.62. The number of fused-ring (bicyclic) bond motifs is 1. The van der Waals surface area contributed by atoms with Crippen LogP contribution < -0.4 is 0 Å². The van der Waals surface area contributed by atoms with Gasteiger partial charge < -0.3 is 9.88 Å². The van der Waals surface area contributed by atoms with Gasteiger partial charge in [0.05, 0.1) is 0 Å². The molecule has 3 heteroatoms. The molecule has 0 bridgehead atoms. The van der Waals surface area contributed by atoms with E-state index in [4.69, 9.17) is 0 Å². The van der Waals surface area contributed by atoms with Gasteiger partial charge in [0, 0.05) is 36.3 Å². The van der Waals surface area contributed by atoms with Gasteiger partial charge in [-0.2, -0.15) is 0 Å². The first kappa shape index (κ1) is 11.3. The lowest BCUT2D eigenvalue weighted by Gasteiger charge is -2.17. The Morgan fingerprint density at radius 2 is 2.22 bits per heavy atom. The third-order valence-electron chi connectivity index (χ3n) is 3.96. The molecule has 1 aromatic heterocycles. The van der Waals surface area contributed by atoms with Crippen LogP contribution >= 0.6 is 0 Å². The minimum Gasteiger partial charge on any atom is -0.361 e. The molecule has 1 aliphatic rings. The average Bonchev–Trinajstić information content (AvgIpc) is 2.88. The summed E-state index contributed by atoms with van der Waals surface area (Å²) in [5, 5.41) is 1.01. The molecule has 1 amide bonds. The van der Waals surface area contributed by atoms with Crippen LogP contribution in [0.5, 0.6) is 0 Å². The van der Waals surface area contributed by atoms with Gasteiger partial charge >= 0.3 is 0 Å². The monoisotopic (exact) mass is 242 g/mol. The highest BCUT2D eigenvalue weighted by atomic mass is 16.2. The maximum absolute atomic E-state index is 12.4. The van der Waals surface area contributed by atoms with Crippen LogP contribution in [0.25, 0.3) is 10.9 Å². The number of rotatable bonds is 3. The van der Waals surface area contributed by atoms with E-state index < -0.39 is 0 Å². The van der Waals surface area contributed by atoms with E-state index in [1.54, 1.807) is 0 Å². The van der Waals surface area contributed by atoms with E-state index in [0.29, 0.717) is 5.92 Å². The number of aromatic nitrogens is 1. The average molecular weight is 242 g/mol. The summed E-state index contributed by atoms with van der Waals surface area (Å²) in [7, 11) is 1.90. The van der Waals surface area contributed by atoms with E-state index in [1.165, 1.54) is 6.42 Å². The van der Waals surface area contributed by atoms with Crippen molar-refractivity contribution in [2.75, 3.05) is 13.6 Å². The first-order chi connectivity index (χ1) is 8.66. The maximum Gasteiger partial charge on any atom is 0.254 e. The number of aromatic amines is 1. The molecule has 1 N–H and O–H groups in total. The summed E-state index contributed by atoms with van der Waals surface area (Å²) in [5.74, 6) is 1.60. The van der Waals surface area contributed by atoms with Crippen LogP contribution in [0.2, 0.25) is 0 Å². The van der Waals surface area contributed by atoms with Crippen molar-refractivity contribution in [2.45, 2.75) is 13.3 Å². The van der Waals surface area contributed by atoms with Gasteiger partial charge in [0.25, 0.3) is 5.91 Å². The van der Waals surface area contributed by atoms with E-state index in [-0.39, 0.29) is 5.91 Å². The topological polar surface area (TPSA) is 36.1 Å². The molecule has 0 spiro atoms. The number of carbonyl (C=O) groups excluding carboxylic acids is 1. The summed E-state index contributed by atoms with van der Waals surface area (Å²) in [6, 6.07) is 7.80. The zero-order chi connectivity index (χ0) is 12.7. The molecule has 3 rings (SSSR count). The molecule has 1 aromatic carbocycles. The Morgan fingerprint density at radius 1 is 1.44 bits per heavy atom. The van der Waals surface area contributed by atoms with E-state index in [1.807, 2.05) is 42.4 Å². The van der Waals surface area contributed by atoms with Crippen LogP contribution in [-0.4, -0.2) is 29.4 Å². The molecular formula is C15H18N2O. The molecule has 1 aliphatic carbocycles. The van der Waals surface area contributed by atoms with Crippen molar-refractivity contribution in [1.29, 1.82) is 0 Å². The fraction of sp³-hybridized carbons (Fsp3) is 0.400. The number of benzene rings is 1. The molecule has 2 aromatic rings. The number of nitrogens with one attached hydrogen (secondary N) is 1. The number of nitrogens with zero attached hydrogens (tertiary/aromatic N) is 1. The van der Waals surface area contributed by atoms with Crippen molar-refractivity contribution in [3.8, 4) is 0 Å². The van der Waals surface area contributed by atoms with E-state index >= 15 is 0 Å². The fourth-order valence-corrected chi connectivity index (χ4v) is 2.57. The molecule has 0 aliphatic heterocycles. The van der Waals surface area contributed by atoms with Crippen LogP contribution in [0.3, 0.4) is 0 Å². The summed E-state index contributed by atoms with van der Waals surface area (Å²) < 4.78 is 0. The van der Waals surface area contributed by atoms with Crippen molar-refractivity contribution >= 4 is 16.8 Å². The van der Waals surface area contributed by atoms with E-state index in [0.717, 1.165) is 28.9 Å². The minimum atomic E-state index is 0.124. The highest BCUT2D eigenvalue weighted by Crippen LogP contribution is 2.38. The van der Waals surface area contributed by atoms with Crippen molar-refractivity contribution in [3.63, 3.8) is 0 Å². The van der Waals surface area contributed by atoms with Gasteiger partial charge in [-0.25, -0.2) is 0 Å². The van der Waals surface area contributed by atoms with Gasteiger partial charge in [-0.15, -0.1) is 0 Å². The van der Waals surface area contributed by atoms with Gasteiger partial charge in [-0.05, 0) is 36.5 Å². The lowest BCUT2D eigenvalue weighted by Crippen LogP contribution is -2.29. The summed E-state index contributed by atoms with van der Waals surface area (Å²) in [4.78, 5) is 17.4. The summed E-state index contributed by atoms with van der Waals surface area (Å²) in [5.41, 5.74) is 1.82. The summed E-state index contributed by atoms with van der Waals surface area (Å²) in [6.45, 7) is 3.12. The highest BCUT2D eigenvalue weighted by Gasteiger charge is 2.34. The van der Waals surface area contributed by atoms with E-state index in [2.05, 4.69) is 11.9 Å². The van der Waals surface area contributed by atoms with Crippen LogP contribution in [0.1, 0.15) is 23.7 Å². The zero-order valence-corrected chi connectivity index (χ0v) is 10.8. The molecule has 2 atom stereocenters. The lowest BCUT2D eigenvalue weighted by molar-refractivity contribution is 0.0789. The second-order valence-corrected chi connectivity index (χ2v) is 5.40. The lowest BCUT2D eigenvalue weighted by atomic mass is 10.1. The van der Waals surface area contributed by atoms with Crippen molar-refractivity contribution < 1.29 is 4.79 Å². The number of hydrogen-bond donors (Lipinski definition) is 1. The van der Waals surface area contributed by atoms with Crippen LogP contribution in [-0.2, 0) is 0 Å². The normalized spacial score (nSPS) is 22.1. The summed E-state index contributed by atoms with van der Waals surface area (Å²) in [6.07, 6.45) is 3.14. The number of hydrogen-bond acceptors (Lipinski definition) is 1. The molecule has 2 unspecified atom stereocenters. The Labute approximate surface area is 107 Å². The maximum atomic E-state index is 12.4. The molecular weight excluding hydrogens is 224 g/mol. The van der Waals surface area contributed by atoms with Crippen molar-refractivity contribution in [3.05, 3.63) is 36.0 Å². The number of H-pyrrole nitrogens is 1. The SMILES string of the molecule is CC1CC1CN(C)C(=O)c1cccc2[nH]ccc12. The third-order valence-corrected chi connectivity index (χ3v) is 3.96. The number of amides is 1. The quantitative estimate of drug-likeness (QED) is 0.882. The van der Waals surface area contributed by atoms with E-state index in [9.17, 15) is 4.79 Å². The van der Waals surface area contributed by atoms with Gasteiger partial charge in [0.15, 0.2) is 0 Å². The van der Waals surface area contributed by atoms with Crippen molar-refractivity contribution in [1.82, 2.24) is 9.88 Å². The summed E-state index contributed by atoms with van der Waals surface area (Å²) >= 11 is 0. The Morgan fingerprint density at radius 3 is 2.94 bits per heavy atom. The van der Waals surface area contributed by atoms with Crippen LogP contribution in [0.4, 0.5) is 0 Å². The van der Waals surface area contributed by atoms with Gasteiger partial charge in [-0.3, -0.25) is 4.79 Å². The zero-order valence-electron chi connectivity index (χ0n) is 10.8. The second-order valence-electron chi connectivity index (χ2n) is 5.40. The van der Waals surface area contributed by atoms with Gasteiger partial charge in [-0.1, -0.05) is 13.0 Å². The molecule has 18 heavy (non-hydrogen) atoms. The second kappa shape index (κ2) is 4.16. The highest BCUT2D eigenvalue weighted by molar-refractivity contribution is 6.06. The smallest absolute Gasteiger partial charge is 0.254 e. The Balaban J connectivity index is 1.84. The minimum absolute atomic E-state index is 0.124. The first-order valence-electron chi connectivity index (χ1n) is 6.48. The molecule has 3 nitrogen and oxygen atoms in total. The standard InChI is InChI=1S/C15H18N2O/c1-10-8-11(10)9-17(2)15(18)13-4-3-5-14-12(13)6-7-16-14/h3-7,10-11,16H,8-9H2,1-2H3. The third kappa shape index (κ3) is 1.90. The Bertz CT molecular complexity index is 587.